The Labute approximate surface area is 203 Å². The van der Waals surface area contributed by atoms with E-state index in [1.54, 1.807) is 6.26 Å². The lowest BCUT2D eigenvalue weighted by Crippen LogP contribution is -2.52. The van der Waals surface area contributed by atoms with Crippen LogP contribution in [0.5, 0.6) is 5.75 Å². The van der Waals surface area contributed by atoms with Crippen LogP contribution < -0.4 is 10.1 Å². The number of nitrogens with zero attached hydrogens (tertiary/aromatic N) is 4. The van der Waals surface area contributed by atoms with Gasteiger partial charge in [0.25, 0.3) is 0 Å². The van der Waals surface area contributed by atoms with E-state index in [1.165, 1.54) is 5.56 Å². The summed E-state index contributed by atoms with van der Waals surface area (Å²) in [5.41, 5.74) is 2.27. The molecule has 7 nitrogen and oxygen atoms in total. The second-order valence-corrected chi connectivity index (χ2v) is 8.09. The maximum atomic E-state index is 5.76. The molecule has 0 aliphatic carbocycles. The summed E-state index contributed by atoms with van der Waals surface area (Å²) in [6.07, 6.45) is 2.55. The Kier molecular flexibility index (Phi) is 11.1. The molecule has 0 saturated carbocycles. The quantitative estimate of drug-likeness (QED) is 0.297. The molecule has 2 heterocycles. The van der Waals surface area contributed by atoms with Crippen LogP contribution in [0.1, 0.15) is 32.0 Å². The molecule has 2 aromatic rings. The van der Waals surface area contributed by atoms with Crippen molar-refractivity contribution in [2.24, 2.45) is 10.9 Å². The first-order chi connectivity index (χ1) is 14.6. The monoisotopic (exact) mass is 541 g/mol. The highest BCUT2D eigenvalue weighted by Crippen LogP contribution is 2.14. The number of aliphatic imine (C=N–C) groups is 1. The molecule has 31 heavy (non-hydrogen) atoms. The van der Waals surface area contributed by atoms with Crippen LogP contribution in [0.15, 0.2) is 46.1 Å². The number of rotatable bonds is 9. The van der Waals surface area contributed by atoms with Gasteiger partial charge in [-0.15, -0.1) is 24.0 Å². The average molecular weight is 541 g/mol. The minimum Gasteiger partial charge on any atom is -0.493 e. The van der Waals surface area contributed by atoms with E-state index in [4.69, 9.17) is 14.3 Å². The Hall–Kier alpha value is -1.81. The van der Waals surface area contributed by atoms with Gasteiger partial charge in [-0.05, 0) is 37.0 Å². The molecule has 1 N–H and O–H groups in total. The first-order valence-electron chi connectivity index (χ1n) is 11.0. The third-order valence-corrected chi connectivity index (χ3v) is 5.05. The smallest absolute Gasteiger partial charge is 0.194 e. The van der Waals surface area contributed by atoms with E-state index in [0.29, 0.717) is 5.92 Å². The zero-order valence-electron chi connectivity index (χ0n) is 18.9. The largest absolute Gasteiger partial charge is 0.493 e. The molecule has 1 aromatic heterocycles. The number of ether oxygens (including phenoxy) is 1. The van der Waals surface area contributed by atoms with Crippen molar-refractivity contribution in [3.8, 4) is 5.75 Å². The number of aromatic nitrogens is 1. The first kappa shape index (κ1) is 25.5. The summed E-state index contributed by atoms with van der Waals surface area (Å²) >= 11 is 0. The molecule has 0 atom stereocenters. The molecular weight excluding hydrogens is 505 g/mol. The molecule has 1 fully saturated rings. The van der Waals surface area contributed by atoms with Gasteiger partial charge in [0.15, 0.2) is 5.96 Å². The van der Waals surface area contributed by atoms with Gasteiger partial charge in [0, 0.05) is 51.9 Å². The van der Waals surface area contributed by atoms with Crippen molar-refractivity contribution in [1.29, 1.82) is 0 Å². The van der Waals surface area contributed by atoms with E-state index >= 15 is 0 Å². The van der Waals surface area contributed by atoms with Crippen LogP contribution in [0.2, 0.25) is 0 Å². The zero-order chi connectivity index (χ0) is 21.2. The summed E-state index contributed by atoms with van der Waals surface area (Å²) < 4.78 is 10.7. The Morgan fingerprint density at radius 2 is 1.90 bits per heavy atom. The van der Waals surface area contributed by atoms with Gasteiger partial charge in [0.05, 0.1) is 12.3 Å². The number of hydrogen-bond acceptors (Lipinski definition) is 5. The summed E-state index contributed by atoms with van der Waals surface area (Å²) in [7, 11) is 0. The maximum Gasteiger partial charge on any atom is 0.194 e. The molecular formula is C23H36IN5O2. The highest BCUT2D eigenvalue weighted by molar-refractivity contribution is 14.0. The SMILES string of the molecule is CCNC(=NCCc1ccc(OCC(C)C)cc1)N1CCN(Cc2ccon2)CC1.I. The minimum atomic E-state index is 0. The molecule has 0 unspecified atom stereocenters. The van der Waals surface area contributed by atoms with E-state index in [0.717, 1.165) is 76.2 Å². The molecule has 1 saturated heterocycles. The number of guanidine groups is 1. The van der Waals surface area contributed by atoms with Gasteiger partial charge in [-0.2, -0.15) is 0 Å². The molecule has 0 bridgehead atoms. The van der Waals surface area contributed by atoms with Gasteiger partial charge in [-0.1, -0.05) is 31.1 Å². The number of piperazine rings is 1. The van der Waals surface area contributed by atoms with E-state index in [9.17, 15) is 0 Å². The lowest BCUT2D eigenvalue weighted by molar-refractivity contribution is 0.169. The predicted octanol–water partition coefficient (Wildman–Crippen LogP) is 3.65. The minimum absolute atomic E-state index is 0. The Balaban J connectivity index is 0.00000341. The fraction of sp³-hybridized carbons (Fsp3) is 0.565. The van der Waals surface area contributed by atoms with E-state index in [2.05, 4.69) is 65.3 Å². The Bertz CT molecular complexity index is 757. The van der Waals surface area contributed by atoms with E-state index in [1.807, 2.05) is 6.07 Å². The molecule has 0 spiro atoms. The molecule has 8 heteroatoms. The van der Waals surface area contributed by atoms with Crippen LogP contribution in [-0.2, 0) is 13.0 Å². The highest BCUT2D eigenvalue weighted by Gasteiger charge is 2.20. The van der Waals surface area contributed by atoms with Crippen molar-refractivity contribution in [2.45, 2.75) is 33.7 Å². The normalized spacial score (nSPS) is 15.1. The zero-order valence-corrected chi connectivity index (χ0v) is 21.2. The van der Waals surface area contributed by atoms with E-state index < -0.39 is 0 Å². The lowest BCUT2D eigenvalue weighted by atomic mass is 10.1. The van der Waals surface area contributed by atoms with Crippen molar-refractivity contribution in [3.05, 3.63) is 47.9 Å². The van der Waals surface area contributed by atoms with Gasteiger partial charge in [-0.25, -0.2) is 0 Å². The predicted molar refractivity (Wildman–Crippen MR) is 135 cm³/mol. The third-order valence-electron chi connectivity index (χ3n) is 5.05. The van der Waals surface area contributed by atoms with Crippen LogP contribution in [0.3, 0.4) is 0 Å². The highest BCUT2D eigenvalue weighted by atomic mass is 127. The van der Waals surface area contributed by atoms with Crippen LogP contribution in [0.25, 0.3) is 0 Å². The molecule has 1 aliphatic heterocycles. The molecule has 0 radical (unpaired) electrons. The topological polar surface area (TPSA) is 66.1 Å². The van der Waals surface area contributed by atoms with Gasteiger partial charge >= 0.3 is 0 Å². The lowest BCUT2D eigenvalue weighted by Gasteiger charge is -2.36. The fourth-order valence-electron chi connectivity index (χ4n) is 3.40. The summed E-state index contributed by atoms with van der Waals surface area (Å²) in [6.45, 7) is 13.6. The van der Waals surface area contributed by atoms with Crippen LogP contribution in [0, 0.1) is 5.92 Å². The van der Waals surface area contributed by atoms with Crippen molar-refractivity contribution < 1.29 is 9.26 Å². The van der Waals surface area contributed by atoms with E-state index in [-0.39, 0.29) is 24.0 Å². The summed E-state index contributed by atoms with van der Waals surface area (Å²) in [5.74, 6) is 2.48. The number of halogens is 1. The Morgan fingerprint density at radius 1 is 1.16 bits per heavy atom. The van der Waals surface area contributed by atoms with Gasteiger partial charge in [0.1, 0.15) is 12.0 Å². The van der Waals surface area contributed by atoms with Crippen molar-refractivity contribution in [1.82, 2.24) is 20.3 Å². The van der Waals surface area contributed by atoms with Gasteiger partial charge in [0.2, 0.25) is 0 Å². The van der Waals surface area contributed by atoms with Crippen molar-refractivity contribution in [2.75, 3.05) is 45.9 Å². The first-order valence-corrected chi connectivity index (χ1v) is 11.0. The van der Waals surface area contributed by atoms with Crippen molar-refractivity contribution in [3.63, 3.8) is 0 Å². The summed E-state index contributed by atoms with van der Waals surface area (Å²) in [5, 5.41) is 7.46. The average Bonchev–Trinajstić information content (AvgIpc) is 3.26. The van der Waals surface area contributed by atoms with Crippen LogP contribution >= 0.6 is 24.0 Å². The second kappa shape index (κ2) is 13.6. The summed E-state index contributed by atoms with van der Waals surface area (Å²) in [6, 6.07) is 10.3. The van der Waals surface area contributed by atoms with Crippen LogP contribution in [-0.4, -0.2) is 66.8 Å². The standard InChI is InChI=1S/C23H35N5O2.HI/c1-4-24-23(28-14-12-27(13-15-28)17-21-10-16-30-26-21)25-11-9-20-5-7-22(8-6-20)29-18-19(2)3;/h5-8,10,16,19H,4,9,11-15,17-18H2,1-3H3,(H,24,25);1H. The Morgan fingerprint density at radius 3 is 2.52 bits per heavy atom. The third kappa shape index (κ3) is 8.68. The number of nitrogens with one attached hydrogen (secondary N) is 1. The molecule has 1 aliphatic rings. The second-order valence-electron chi connectivity index (χ2n) is 8.09. The van der Waals surface area contributed by atoms with Gasteiger partial charge in [-0.3, -0.25) is 9.89 Å². The molecule has 3 rings (SSSR count). The molecule has 1 aromatic carbocycles. The summed E-state index contributed by atoms with van der Waals surface area (Å²) in [4.78, 5) is 9.63. The molecule has 0 amide bonds. The van der Waals surface area contributed by atoms with Gasteiger partial charge < -0.3 is 19.5 Å². The maximum absolute atomic E-state index is 5.76. The number of hydrogen-bond donors (Lipinski definition) is 1. The fourth-order valence-corrected chi connectivity index (χ4v) is 3.40. The molecule has 172 valence electrons. The van der Waals surface area contributed by atoms with Crippen LogP contribution in [0.4, 0.5) is 0 Å². The number of benzene rings is 1. The van der Waals surface area contributed by atoms with Crippen molar-refractivity contribution >= 4 is 29.9 Å².